The highest BCUT2D eigenvalue weighted by molar-refractivity contribution is 7.90. The average molecular weight is 402 g/mol. The molecule has 2 rings (SSSR count). The number of benzene rings is 1. The molecule has 0 spiro atoms. The van der Waals surface area contributed by atoms with E-state index in [1.807, 2.05) is 0 Å². The molecule has 0 saturated heterocycles. The summed E-state index contributed by atoms with van der Waals surface area (Å²) in [5.41, 5.74) is -1.98. The predicted octanol–water partition coefficient (Wildman–Crippen LogP) is 2.95. The molecule has 0 fully saturated rings. The van der Waals surface area contributed by atoms with Crippen LogP contribution in [0.5, 0.6) is 0 Å². The summed E-state index contributed by atoms with van der Waals surface area (Å²) in [6, 6.07) is 3.50. The van der Waals surface area contributed by atoms with Crippen molar-refractivity contribution in [2.24, 2.45) is 4.40 Å². The number of nitrogens with zero attached hydrogens (tertiary/aromatic N) is 4. The van der Waals surface area contributed by atoms with Gasteiger partial charge in [-0.15, -0.1) is 4.40 Å². The van der Waals surface area contributed by atoms with Crippen molar-refractivity contribution in [2.45, 2.75) is 11.1 Å². The lowest BCUT2D eigenvalue weighted by atomic mass is 10.1. The van der Waals surface area contributed by atoms with Crippen molar-refractivity contribution in [3.05, 3.63) is 52.3 Å². The van der Waals surface area contributed by atoms with Gasteiger partial charge in [-0.05, 0) is 12.1 Å². The molecule has 1 aromatic heterocycles. The molecule has 0 atom stereocenters. The van der Waals surface area contributed by atoms with E-state index in [4.69, 9.17) is 0 Å². The minimum atomic E-state index is -4.69. The molecule has 0 aliphatic heterocycles. The van der Waals surface area contributed by atoms with Crippen molar-refractivity contribution < 1.29 is 26.5 Å². The lowest BCUT2D eigenvalue weighted by Crippen LogP contribution is -2.11. The van der Waals surface area contributed by atoms with E-state index >= 15 is 0 Å². The maximum absolute atomic E-state index is 12.9. The Morgan fingerprint density at radius 3 is 2.44 bits per heavy atom. The number of aromatic nitrogens is 1. The van der Waals surface area contributed by atoms with Crippen molar-refractivity contribution in [3.8, 4) is 11.1 Å². The highest BCUT2D eigenvalue weighted by Gasteiger charge is 2.32. The smallest absolute Gasteiger partial charge is 0.368 e. The highest BCUT2D eigenvalue weighted by Crippen LogP contribution is 2.35. The second kappa shape index (κ2) is 7.31. The first-order chi connectivity index (χ1) is 12.4. The van der Waals surface area contributed by atoms with Crippen LogP contribution in [-0.4, -0.2) is 43.7 Å². The molecule has 0 aliphatic rings. The van der Waals surface area contributed by atoms with Gasteiger partial charge in [-0.3, -0.25) is 15.1 Å². The molecule has 27 heavy (non-hydrogen) atoms. The van der Waals surface area contributed by atoms with E-state index in [-0.39, 0.29) is 11.1 Å². The molecule has 0 aliphatic carbocycles. The van der Waals surface area contributed by atoms with Gasteiger partial charge < -0.3 is 4.90 Å². The number of hydrogen-bond donors (Lipinski definition) is 0. The van der Waals surface area contributed by atoms with E-state index in [1.54, 1.807) is 0 Å². The normalized spacial score (nSPS) is 12.3. The fourth-order valence-corrected chi connectivity index (χ4v) is 3.19. The fraction of sp³-hybridized carbons (Fsp3) is 0.200. The maximum atomic E-state index is 12.9. The van der Waals surface area contributed by atoms with E-state index in [9.17, 15) is 31.7 Å². The maximum Gasteiger partial charge on any atom is 0.417 e. The summed E-state index contributed by atoms with van der Waals surface area (Å²) in [4.78, 5) is 14.4. The Morgan fingerprint density at radius 2 is 1.89 bits per heavy atom. The zero-order chi connectivity index (χ0) is 20.4. The number of nitro groups is 1. The number of halogens is 3. The summed E-state index contributed by atoms with van der Waals surface area (Å²) in [6.07, 6.45) is -2.10. The fourth-order valence-electron chi connectivity index (χ4n) is 2.03. The minimum absolute atomic E-state index is 0.168. The van der Waals surface area contributed by atoms with Crippen LogP contribution in [0.15, 0.2) is 46.0 Å². The average Bonchev–Trinajstić information content (AvgIpc) is 2.59. The third kappa shape index (κ3) is 4.78. The topological polar surface area (TPSA) is 106 Å². The first-order valence-corrected chi connectivity index (χ1v) is 8.64. The van der Waals surface area contributed by atoms with Crippen LogP contribution in [0.2, 0.25) is 0 Å². The predicted molar refractivity (Wildman–Crippen MR) is 90.7 cm³/mol. The van der Waals surface area contributed by atoms with Gasteiger partial charge in [-0.25, -0.2) is 0 Å². The summed E-state index contributed by atoms with van der Waals surface area (Å²) in [6.45, 7) is 0. The molecule has 0 radical (unpaired) electrons. The second-order valence-corrected chi connectivity index (χ2v) is 7.16. The molecule has 12 heteroatoms. The number of nitro benzene ring substituents is 1. The quantitative estimate of drug-likeness (QED) is 0.329. The Hall–Kier alpha value is -3.02. The summed E-state index contributed by atoms with van der Waals surface area (Å²) in [5, 5.41) is 11.0. The molecule has 0 N–H and O–H groups in total. The number of pyridine rings is 1. The molecular weight excluding hydrogens is 389 g/mol. The molecule has 0 amide bonds. The Morgan fingerprint density at radius 1 is 1.22 bits per heavy atom. The zero-order valence-corrected chi connectivity index (χ0v) is 14.8. The zero-order valence-electron chi connectivity index (χ0n) is 14.0. The van der Waals surface area contributed by atoms with Crippen LogP contribution in [0.4, 0.5) is 18.9 Å². The minimum Gasteiger partial charge on any atom is -0.368 e. The van der Waals surface area contributed by atoms with Crippen molar-refractivity contribution in [1.82, 2.24) is 9.88 Å². The van der Waals surface area contributed by atoms with Crippen LogP contribution < -0.4 is 0 Å². The van der Waals surface area contributed by atoms with Crippen LogP contribution >= 0.6 is 0 Å². The summed E-state index contributed by atoms with van der Waals surface area (Å²) in [7, 11) is -1.42. The monoisotopic (exact) mass is 402 g/mol. The summed E-state index contributed by atoms with van der Waals surface area (Å²) in [5.74, 6) is 0. The molecule has 8 nitrogen and oxygen atoms in total. The molecule has 0 bridgehead atoms. The van der Waals surface area contributed by atoms with Crippen molar-refractivity contribution in [2.75, 3.05) is 14.1 Å². The van der Waals surface area contributed by atoms with Crippen molar-refractivity contribution in [1.29, 1.82) is 0 Å². The first-order valence-electron chi connectivity index (χ1n) is 7.20. The molecule has 2 aromatic rings. The summed E-state index contributed by atoms with van der Waals surface area (Å²) >= 11 is 0. The highest BCUT2D eigenvalue weighted by atomic mass is 32.2. The van der Waals surface area contributed by atoms with Gasteiger partial charge in [0.25, 0.3) is 15.7 Å². The van der Waals surface area contributed by atoms with Gasteiger partial charge in [0, 0.05) is 49.7 Å². The number of non-ortho nitro benzene ring substituents is 1. The third-order valence-electron chi connectivity index (χ3n) is 3.25. The summed E-state index contributed by atoms with van der Waals surface area (Å²) < 4.78 is 67.1. The second-order valence-electron chi connectivity index (χ2n) is 5.56. The lowest BCUT2D eigenvalue weighted by molar-refractivity contribution is -0.385. The van der Waals surface area contributed by atoms with Gasteiger partial charge in [-0.2, -0.15) is 21.6 Å². The van der Waals surface area contributed by atoms with Crippen LogP contribution in [0, 0.1) is 10.1 Å². The Kier molecular flexibility index (Phi) is 5.49. The first kappa shape index (κ1) is 20.3. The Bertz CT molecular complexity index is 1000. The van der Waals surface area contributed by atoms with Gasteiger partial charge in [0.2, 0.25) is 0 Å². The number of alkyl halides is 3. The molecule has 1 aromatic carbocycles. The molecule has 0 unspecified atom stereocenters. The van der Waals surface area contributed by atoms with E-state index in [2.05, 4.69) is 9.38 Å². The van der Waals surface area contributed by atoms with E-state index in [1.165, 1.54) is 19.0 Å². The van der Waals surface area contributed by atoms with Gasteiger partial charge >= 0.3 is 6.18 Å². The van der Waals surface area contributed by atoms with Gasteiger partial charge in [-0.1, -0.05) is 0 Å². The largest absolute Gasteiger partial charge is 0.417 e. The van der Waals surface area contributed by atoms with E-state index < -0.39 is 37.3 Å². The molecule has 144 valence electrons. The van der Waals surface area contributed by atoms with Crippen molar-refractivity contribution in [3.63, 3.8) is 0 Å². The van der Waals surface area contributed by atoms with Gasteiger partial charge in [0.05, 0.1) is 10.5 Å². The molecule has 1 heterocycles. The van der Waals surface area contributed by atoms with Crippen LogP contribution in [-0.2, 0) is 16.2 Å². The Balaban J connectivity index is 2.73. The van der Waals surface area contributed by atoms with Crippen LogP contribution in [0.25, 0.3) is 11.1 Å². The SMILES string of the molecule is CN(C)C=NS(=O)(=O)c1cc([N+](=O)[O-])ccc1-c1cncc(C(F)(F)F)c1. The van der Waals surface area contributed by atoms with Crippen LogP contribution in [0.1, 0.15) is 5.56 Å². The number of hydrogen-bond acceptors (Lipinski definition) is 5. The van der Waals surface area contributed by atoms with Crippen molar-refractivity contribution >= 4 is 22.0 Å². The Labute approximate surface area is 152 Å². The molecule has 0 saturated carbocycles. The van der Waals surface area contributed by atoms with Gasteiger partial charge in [0.15, 0.2) is 0 Å². The number of sulfonamides is 1. The standard InChI is InChI=1S/C15H13F3N4O4S/c1-21(2)9-20-27(25,26)14-6-12(22(23)24)3-4-13(14)10-5-11(8-19-7-10)15(16,17)18/h3-9H,1-2H3. The molecular formula is C15H13F3N4O4S. The van der Waals surface area contributed by atoms with E-state index in [0.717, 1.165) is 30.7 Å². The lowest BCUT2D eigenvalue weighted by Gasteiger charge is -2.11. The third-order valence-corrected chi connectivity index (χ3v) is 4.51. The van der Waals surface area contributed by atoms with E-state index in [0.29, 0.717) is 12.3 Å². The van der Waals surface area contributed by atoms with Crippen LogP contribution in [0.3, 0.4) is 0 Å². The van der Waals surface area contributed by atoms with Gasteiger partial charge in [0.1, 0.15) is 11.2 Å². The number of rotatable bonds is 5.